The largest absolute Gasteiger partial charge is 0.354 e. The smallest absolute Gasteiger partial charge is 0.223 e. The second-order valence-corrected chi connectivity index (χ2v) is 6.63. The third-order valence-electron chi connectivity index (χ3n) is 4.66. The van der Waals surface area contributed by atoms with Gasteiger partial charge in [-0.25, -0.2) is 8.78 Å². The number of piperidine rings is 1. The maximum absolute atomic E-state index is 13.2. The Morgan fingerprint density at radius 3 is 2.54 bits per heavy atom. The van der Waals surface area contributed by atoms with Gasteiger partial charge in [-0.3, -0.25) is 14.4 Å². The van der Waals surface area contributed by atoms with Crippen LogP contribution in [0.25, 0.3) is 0 Å². The quantitative estimate of drug-likeness (QED) is 0.634. The first-order chi connectivity index (χ1) is 12.9. The summed E-state index contributed by atoms with van der Waals surface area (Å²) in [6.45, 7) is 1.21. The Labute approximate surface area is 169 Å². The minimum atomic E-state index is -1.09. The van der Waals surface area contributed by atoms with Crippen molar-refractivity contribution in [3.8, 4) is 0 Å². The van der Waals surface area contributed by atoms with Crippen molar-refractivity contribution in [2.75, 3.05) is 19.6 Å². The van der Waals surface area contributed by atoms with Crippen LogP contribution >= 0.6 is 12.4 Å². The van der Waals surface area contributed by atoms with Gasteiger partial charge in [0.2, 0.25) is 11.8 Å². The Morgan fingerprint density at radius 1 is 1.11 bits per heavy atom. The van der Waals surface area contributed by atoms with Gasteiger partial charge >= 0.3 is 0 Å². The summed E-state index contributed by atoms with van der Waals surface area (Å²) in [6.07, 6.45) is 2.78. The summed E-state index contributed by atoms with van der Waals surface area (Å²) < 4.78 is 26.2. The summed E-state index contributed by atoms with van der Waals surface area (Å²) in [5.41, 5.74) is 5.39. The molecule has 0 aromatic heterocycles. The van der Waals surface area contributed by atoms with Crippen LogP contribution in [0.5, 0.6) is 0 Å². The van der Waals surface area contributed by atoms with Gasteiger partial charge in [-0.1, -0.05) is 0 Å². The zero-order valence-electron chi connectivity index (χ0n) is 15.6. The van der Waals surface area contributed by atoms with Crippen LogP contribution in [0.2, 0.25) is 0 Å². The van der Waals surface area contributed by atoms with Crippen LogP contribution in [0.3, 0.4) is 0 Å². The van der Waals surface area contributed by atoms with Crippen molar-refractivity contribution in [1.29, 1.82) is 0 Å². The number of likely N-dealkylation sites (tertiary alicyclic amines) is 1. The normalized spacial score (nSPS) is 16.2. The topological polar surface area (TPSA) is 92.5 Å². The summed E-state index contributed by atoms with van der Waals surface area (Å²) in [5.74, 6) is -2.84. The number of carbonyl (C=O) groups excluding carboxylic acids is 3. The maximum Gasteiger partial charge on any atom is 0.223 e. The van der Waals surface area contributed by atoms with Gasteiger partial charge in [0.1, 0.15) is 0 Å². The fourth-order valence-corrected chi connectivity index (χ4v) is 3.17. The number of nitrogens with two attached hydrogens (primary N) is 1. The monoisotopic (exact) mass is 417 g/mol. The van der Waals surface area contributed by atoms with E-state index in [0.29, 0.717) is 13.1 Å². The van der Waals surface area contributed by atoms with Crippen molar-refractivity contribution in [2.24, 2.45) is 5.73 Å². The minimum absolute atomic E-state index is 0. The maximum atomic E-state index is 13.2. The van der Waals surface area contributed by atoms with Gasteiger partial charge in [-0.15, -0.1) is 12.4 Å². The Bertz CT molecular complexity index is 703. The number of carbonyl (C=O) groups is 3. The second kappa shape index (κ2) is 11.7. The van der Waals surface area contributed by atoms with Gasteiger partial charge in [-0.05, 0) is 37.5 Å². The highest BCUT2D eigenvalue weighted by Crippen LogP contribution is 2.19. The van der Waals surface area contributed by atoms with E-state index in [1.807, 2.05) is 0 Å². The zero-order chi connectivity index (χ0) is 19.8. The van der Waals surface area contributed by atoms with E-state index in [-0.39, 0.29) is 61.6 Å². The lowest BCUT2D eigenvalue weighted by Gasteiger charge is -2.36. The van der Waals surface area contributed by atoms with Gasteiger partial charge in [0.25, 0.3) is 0 Å². The minimum Gasteiger partial charge on any atom is -0.354 e. The summed E-state index contributed by atoms with van der Waals surface area (Å²) in [6, 6.07) is 2.85. The van der Waals surface area contributed by atoms with Crippen LogP contribution < -0.4 is 11.1 Å². The molecule has 1 unspecified atom stereocenters. The first-order valence-electron chi connectivity index (χ1n) is 9.17. The second-order valence-electron chi connectivity index (χ2n) is 6.63. The first-order valence-corrected chi connectivity index (χ1v) is 9.17. The fourth-order valence-electron chi connectivity index (χ4n) is 3.17. The first kappa shape index (κ1) is 24.0. The van der Waals surface area contributed by atoms with E-state index in [1.165, 1.54) is 6.07 Å². The summed E-state index contributed by atoms with van der Waals surface area (Å²) in [4.78, 5) is 38.0. The number of rotatable bonds is 8. The number of amides is 2. The molecule has 1 aliphatic heterocycles. The summed E-state index contributed by atoms with van der Waals surface area (Å²) in [5, 5.41) is 2.78. The molecule has 0 aliphatic carbocycles. The summed E-state index contributed by atoms with van der Waals surface area (Å²) in [7, 11) is 0. The third kappa shape index (κ3) is 6.83. The number of halogens is 3. The van der Waals surface area contributed by atoms with E-state index in [0.717, 1.165) is 31.4 Å². The molecule has 1 aromatic rings. The molecule has 0 radical (unpaired) electrons. The molecule has 1 saturated heterocycles. The molecule has 1 heterocycles. The SMILES string of the molecule is Cl.NCCC(=O)NCC1CCCCN1C(=O)CCC(=O)c1ccc(F)c(F)c1. The van der Waals surface area contributed by atoms with Gasteiger partial charge in [0.05, 0.1) is 0 Å². The predicted octanol–water partition coefficient (Wildman–Crippen LogP) is 2.20. The highest BCUT2D eigenvalue weighted by molar-refractivity contribution is 5.98. The van der Waals surface area contributed by atoms with Crippen molar-refractivity contribution in [3.63, 3.8) is 0 Å². The molecular formula is C19H26ClF2N3O3. The highest BCUT2D eigenvalue weighted by atomic mass is 35.5. The van der Waals surface area contributed by atoms with Crippen molar-refractivity contribution >= 4 is 30.0 Å². The molecule has 28 heavy (non-hydrogen) atoms. The third-order valence-corrected chi connectivity index (χ3v) is 4.66. The molecule has 1 fully saturated rings. The number of hydrogen-bond donors (Lipinski definition) is 2. The number of hydrogen-bond acceptors (Lipinski definition) is 4. The Kier molecular flexibility index (Phi) is 10.0. The Hall–Kier alpha value is -2.06. The molecule has 1 aliphatic rings. The van der Waals surface area contributed by atoms with E-state index in [1.54, 1.807) is 4.90 Å². The number of nitrogens with one attached hydrogen (secondary N) is 1. The number of benzene rings is 1. The van der Waals surface area contributed by atoms with Crippen LogP contribution in [0.15, 0.2) is 18.2 Å². The zero-order valence-corrected chi connectivity index (χ0v) is 16.4. The molecule has 2 amide bonds. The van der Waals surface area contributed by atoms with Gasteiger partial charge in [-0.2, -0.15) is 0 Å². The van der Waals surface area contributed by atoms with Crippen molar-refractivity contribution in [2.45, 2.75) is 44.6 Å². The number of nitrogens with zero attached hydrogens (tertiary/aromatic N) is 1. The fraction of sp³-hybridized carbons (Fsp3) is 0.526. The van der Waals surface area contributed by atoms with E-state index in [2.05, 4.69) is 5.32 Å². The number of Topliss-reactive ketones (excluding diaryl/α,β-unsaturated/α-hetero) is 1. The molecule has 0 saturated carbocycles. The lowest BCUT2D eigenvalue weighted by molar-refractivity contribution is -0.135. The molecule has 0 spiro atoms. The molecule has 0 bridgehead atoms. The predicted molar refractivity (Wildman–Crippen MR) is 103 cm³/mol. The van der Waals surface area contributed by atoms with Crippen molar-refractivity contribution in [1.82, 2.24) is 10.2 Å². The molecule has 2 rings (SSSR count). The van der Waals surface area contributed by atoms with Crippen molar-refractivity contribution < 1.29 is 23.2 Å². The van der Waals surface area contributed by atoms with E-state index in [9.17, 15) is 23.2 Å². The van der Waals surface area contributed by atoms with E-state index in [4.69, 9.17) is 5.73 Å². The molecule has 1 atom stereocenters. The van der Waals surface area contributed by atoms with Gasteiger partial charge < -0.3 is 16.0 Å². The lowest BCUT2D eigenvalue weighted by atomic mass is 10.00. The Morgan fingerprint density at radius 2 is 1.86 bits per heavy atom. The Balaban J connectivity index is 0.00000392. The molecular weight excluding hydrogens is 392 g/mol. The standard InChI is InChI=1S/C19H25F2N3O3.ClH/c20-15-5-4-13(11-16(15)21)17(25)6-7-19(27)24-10-2-1-3-14(24)12-23-18(26)8-9-22;/h4-5,11,14H,1-3,6-10,12,22H2,(H,23,26);1H. The van der Waals surface area contributed by atoms with Crippen LogP contribution in [0.4, 0.5) is 8.78 Å². The van der Waals surface area contributed by atoms with Crippen LogP contribution in [-0.2, 0) is 9.59 Å². The average molecular weight is 418 g/mol. The lowest BCUT2D eigenvalue weighted by Crippen LogP contribution is -2.49. The molecule has 156 valence electrons. The summed E-state index contributed by atoms with van der Waals surface area (Å²) >= 11 is 0. The molecule has 3 N–H and O–H groups in total. The van der Waals surface area contributed by atoms with Gasteiger partial charge in [0.15, 0.2) is 17.4 Å². The van der Waals surface area contributed by atoms with Crippen LogP contribution in [-0.4, -0.2) is 48.2 Å². The molecule has 6 nitrogen and oxygen atoms in total. The molecule has 9 heteroatoms. The van der Waals surface area contributed by atoms with Crippen molar-refractivity contribution in [3.05, 3.63) is 35.4 Å². The highest BCUT2D eigenvalue weighted by Gasteiger charge is 2.27. The van der Waals surface area contributed by atoms with Crippen LogP contribution in [0, 0.1) is 11.6 Å². The van der Waals surface area contributed by atoms with Crippen LogP contribution in [0.1, 0.15) is 48.9 Å². The number of ketones is 1. The van der Waals surface area contributed by atoms with Gasteiger partial charge in [0, 0.05) is 50.5 Å². The average Bonchev–Trinajstić information content (AvgIpc) is 2.66. The molecule has 1 aromatic carbocycles. The van der Waals surface area contributed by atoms with E-state index >= 15 is 0 Å². The van der Waals surface area contributed by atoms with E-state index < -0.39 is 17.4 Å².